The lowest BCUT2D eigenvalue weighted by Gasteiger charge is -2.13. The Bertz CT molecular complexity index is 1390. The molecule has 4 aromatic rings. The number of pyridine rings is 1. The number of benzene rings is 2. The second-order valence-corrected chi connectivity index (χ2v) is 7.66. The lowest BCUT2D eigenvalue weighted by atomic mass is 10.1. The molecule has 2 heterocycles. The van der Waals surface area contributed by atoms with Crippen LogP contribution in [0.2, 0.25) is 0 Å². The number of rotatable bonds is 6. The quantitative estimate of drug-likeness (QED) is 0.435. The second kappa shape index (κ2) is 9.04. The van der Waals surface area contributed by atoms with Crippen molar-refractivity contribution in [3.05, 3.63) is 102 Å². The van der Waals surface area contributed by atoms with Crippen molar-refractivity contribution in [2.45, 2.75) is 13.8 Å². The fourth-order valence-electron chi connectivity index (χ4n) is 3.55. The molecule has 0 spiro atoms. The van der Waals surface area contributed by atoms with Crippen molar-refractivity contribution in [2.24, 2.45) is 4.99 Å². The number of anilines is 1. The van der Waals surface area contributed by atoms with Crippen LogP contribution < -0.4 is 21.4 Å². The normalized spacial score (nSPS) is 11.5. The number of methoxy groups -OCH3 is 1. The summed E-state index contributed by atoms with van der Waals surface area (Å²) in [4.78, 5) is 8.88. The predicted octanol–water partition coefficient (Wildman–Crippen LogP) is 4.30. The number of ether oxygens (including phenoxy) is 1. The minimum atomic E-state index is -0.306. The van der Waals surface area contributed by atoms with Gasteiger partial charge in [0.1, 0.15) is 17.4 Å². The summed E-state index contributed by atoms with van der Waals surface area (Å²) >= 11 is 0. The van der Waals surface area contributed by atoms with Gasteiger partial charge in [0.25, 0.3) is 0 Å². The zero-order valence-electron chi connectivity index (χ0n) is 18.7. The largest absolute Gasteiger partial charge is 0.494 e. The summed E-state index contributed by atoms with van der Waals surface area (Å²) in [6, 6.07) is 13.8. The summed E-state index contributed by atoms with van der Waals surface area (Å²) in [5.74, 6) is 6.96. The fourth-order valence-corrected chi connectivity index (χ4v) is 3.55. The zero-order valence-corrected chi connectivity index (χ0v) is 18.7. The van der Waals surface area contributed by atoms with E-state index in [0.717, 1.165) is 33.8 Å². The van der Waals surface area contributed by atoms with E-state index >= 15 is 0 Å². The van der Waals surface area contributed by atoms with Gasteiger partial charge in [-0.05, 0) is 55.3 Å². The Morgan fingerprint density at radius 2 is 1.88 bits per heavy atom. The molecule has 0 unspecified atom stereocenters. The Hall–Kier alpha value is -4.33. The van der Waals surface area contributed by atoms with Gasteiger partial charge in [0.15, 0.2) is 5.49 Å². The van der Waals surface area contributed by atoms with Crippen molar-refractivity contribution >= 4 is 5.69 Å². The van der Waals surface area contributed by atoms with Gasteiger partial charge in [0, 0.05) is 29.7 Å². The Labute approximate surface area is 191 Å². The number of aryl methyl sites for hydroxylation is 2. The third-order valence-electron chi connectivity index (χ3n) is 5.05. The van der Waals surface area contributed by atoms with E-state index < -0.39 is 0 Å². The van der Waals surface area contributed by atoms with Crippen molar-refractivity contribution in [1.29, 1.82) is 0 Å². The van der Waals surface area contributed by atoms with E-state index in [2.05, 4.69) is 21.9 Å². The van der Waals surface area contributed by atoms with Crippen LogP contribution in [0.4, 0.5) is 10.1 Å². The van der Waals surface area contributed by atoms with E-state index in [1.165, 1.54) is 16.8 Å². The molecular weight excluding hydrogens is 419 g/mol. The molecule has 7 nitrogen and oxygen atoms in total. The maximum absolute atomic E-state index is 13.4. The molecule has 0 saturated heterocycles. The van der Waals surface area contributed by atoms with Crippen LogP contribution in [0.15, 0.2) is 84.6 Å². The third-order valence-corrected chi connectivity index (χ3v) is 5.05. The van der Waals surface area contributed by atoms with E-state index in [9.17, 15) is 4.39 Å². The van der Waals surface area contributed by atoms with Gasteiger partial charge in [-0.3, -0.25) is 4.68 Å². The summed E-state index contributed by atoms with van der Waals surface area (Å²) in [5.41, 5.74) is 5.53. The molecule has 0 aliphatic heterocycles. The van der Waals surface area contributed by atoms with Crippen molar-refractivity contribution in [2.75, 3.05) is 18.3 Å². The fraction of sp³-hybridized carbons (Fsp3) is 0.120. The van der Waals surface area contributed by atoms with Crippen LogP contribution in [-0.2, 0) is 0 Å². The number of nitrogens with one attached hydrogen (secondary N) is 1. The number of hydrogen-bond donors (Lipinski definition) is 2. The van der Waals surface area contributed by atoms with E-state index in [1.54, 1.807) is 31.8 Å². The summed E-state index contributed by atoms with van der Waals surface area (Å²) in [6.07, 6.45) is 5.43. The predicted molar refractivity (Wildman–Crippen MR) is 128 cm³/mol. The van der Waals surface area contributed by atoms with Crippen molar-refractivity contribution in [1.82, 2.24) is 14.2 Å². The van der Waals surface area contributed by atoms with Gasteiger partial charge < -0.3 is 20.5 Å². The van der Waals surface area contributed by atoms with Gasteiger partial charge in [-0.2, -0.15) is 0 Å². The van der Waals surface area contributed by atoms with Crippen molar-refractivity contribution < 1.29 is 9.13 Å². The van der Waals surface area contributed by atoms with Crippen LogP contribution in [0.25, 0.3) is 16.8 Å². The summed E-state index contributed by atoms with van der Waals surface area (Å²) < 4.78 is 22.3. The molecule has 8 heteroatoms. The van der Waals surface area contributed by atoms with E-state index in [0.29, 0.717) is 17.1 Å². The molecule has 3 N–H and O–H groups in total. The maximum Gasteiger partial charge on any atom is 0.161 e. The van der Waals surface area contributed by atoms with Gasteiger partial charge in [0.05, 0.1) is 24.8 Å². The molecule has 0 amide bonds. The van der Waals surface area contributed by atoms with Crippen LogP contribution in [0.5, 0.6) is 5.75 Å². The van der Waals surface area contributed by atoms with E-state index in [4.69, 9.17) is 10.6 Å². The Kier molecular flexibility index (Phi) is 5.99. The van der Waals surface area contributed by atoms with Crippen LogP contribution in [0, 0.1) is 19.7 Å². The lowest BCUT2D eigenvalue weighted by Crippen LogP contribution is -2.30. The van der Waals surface area contributed by atoms with Crippen molar-refractivity contribution in [3.63, 3.8) is 0 Å². The van der Waals surface area contributed by atoms with Gasteiger partial charge in [-0.25, -0.2) is 14.4 Å². The molecule has 0 aliphatic carbocycles. The minimum Gasteiger partial charge on any atom is -0.494 e. The summed E-state index contributed by atoms with van der Waals surface area (Å²) in [5, 5.41) is 3.18. The first-order valence-corrected chi connectivity index (χ1v) is 10.3. The third kappa shape index (κ3) is 4.79. The summed E-state index contributed by atoms with van der Waals surface area (Å²) in [7, 11) is 1.62. The first-order valence-electron chi connectivity index (χ1n) is 10.3. The molecule has 0 bridgehead atoms. The molecule has 0 radical (unpaired) electrons. The second-order valence-electron chi connectivity index (χ2n) is 7.66. The number of nitrogen functional groups attached to an aromatic ring is 1. The highest BCUT2D eigenvalue weighted by Crippen LogP contribution is 2.27. The van der Waals surface area contributed by atoms with Crippen LogP contribution in [-0.4, -0.2) is 21.3 Å². The molecule has 4 rings (SSSR count). The number of nitrogens with two attached hydrogens (primary N) is 1. The standard InChI is InChI=1S/C25H25FN6O/c1-16-11-22(19-5-7-20(26)8-6-19)25(32(27)13-16)30-18(3)29-21-9-10-23(24(12-21)33-4)31-14-17(2)28-15-31/h5-15,29H,3,27H2,1-2,4H3. The minimum absolute atomic E-state index is 0.306. The molecule has 0 fully saturated rings. The first-order chi connectivity index (χ1) is 15.8. The SMILES string of the molecule is C=C(N=c1c(-c2ccc(F)cc2)cc(C)cn1N)Nc1ccc(-n2cnc(C)c2)c(OC)c1. The molecule has 0 saturated carbocycles. The monoisotopic (exact) mass is 444 g/mol. The van der Waals surface area contributed by atoms with E-state index in [-0.39, 0.29) is 5.82 Å². The zero-order chi connectivity index (χ0) is 23.5. The molecule has 33 heavy (non-hydrogen) atoms. The Morgan fingerprint density at radius 1 is 1.12 bits per heavy atom. The average molecular weight is 445 g/mol. The van der Waals surface area contributed by atoms with Gasteiger partial charge in [0.2, 0.25) is 0 Å². The highest BCUT2D eigenvalue weighted by molar-refractivity contribution is 5.63. The Morgan fingerprint density at radius 3 is 2.55 bits per heavy atom. The van der Waals surface area contributed by atoms with Crippen molar-refractivity contribution in [3.8, 4) is 22.6 Å². The molecule has 2 aromatic heterocycles. The number of hydrogen-bond acceptors (Lipinski definition) is 5. The molecule has 0 atom stereocenters. The Balaban J connectivity index is 1.67. The van der Waals surface area contributed by atoms with E-state index in [1.807, 2.05) is 48.9 Å². The first kappa shape index (κ1) is 21.9. The average Bonchev–Trinajstić information content (AvgIpc) is 3.22. The van der Waals surface area contributed by atoms with Gasteiger partial charge >= 0.3 is 0 Å². The molecule has 168 valence electrons. The number of imidazole rings is 1. The maximum atomic E-state index is 13.4. The number of nitrogens with zero attached hydrogens (tertiary/aromatic N) is 4. The smallest absolute Gasteiger partial charge is 0.161 e. The molecular formula is C25H25FN6O. The highest BCUT2D eigenvalue weighted by Gasteiger charge is 2.09. The lowest BCUT2D eigenvalue weighted by molar-refractivity contribution is 0.413. The van der Waals surface area contributed by atoms with Crippen LogP contribution in [0.3, 0.4) is 0 Å². The number of halogens is 1. The van der Waals surface area contributed by atoms with Crippen LogP contribution in [0.1, 0.15) is 11.3 Å². The summed E-state index contributed by atoms with van der Waals surface area (Å²) in [6.45, 7) is 7.90. The molecule has 0 aliphatic rings. The molecule has 2 aromatic carbocycles. The van der Waals surface area contributed by atoms with Gasteiger partial charge in [-0.1, -0.05) is 18.7 Å². The highest BCUT2D eigenvalue weighted by atomic mass is 19.1. The van der Waals surface area contributed by atoms with Crippen LogP contribution >= 0.6 is 0 Å². The number of aromatic nitrogens is 3. The van der Waals surface area contributed by atoms with Gasteiger partial charge in [-0.15, -0.1) is 0 Å². The topological polar surface area (TPSA) is 82.4 Å².